The van der Waals surface area contributed by atoms with Gasteiger partial charge in [-0.1, -0.05) is 25.0 Å². The Kier molecular flexibility index (Phi) is 4.23. The molecule has 0 aromatic rings. The lowest BCUT2D eigenvalue weighted by molar-refractivity contribution is -0.130. The molecule has 0 radical (unpaired) electrons. The summed E-state index contributed by atoms with van der Waals surface area (Å²) in [5.41, 5.74) is -0.495. The maximum absolute atomic E-state index is 12.2. The fourth-order valence-electron chi connectivity index (χ4n) is 3.06. The van der Waals surface area contributed by atoms with Crippen molar-refractivity contribution >= 4 is 5.91 Å². The number of rotatable bonds is 3. The van der Waals surface area contributed by atoms with E-state index in [2.05, 4.69) is 23.2 Å². The monoisotopic (exact) mass is 250 g/mol. The largest absolute Gasteiger partial charge is 0.334 e. The predicted octanol–water partition coefficient (Wildman–Crippen LogP) is -0.0800. The van der Waals surface area contributed by atoms with Crippen LogP contribution < -0.4 is 10.6 Å². The molecule has 1 saturated carbocycles. The van der Waals surface area contributed by atoms with Crippen LogP contribution in [-0.4, -0.2) is 36.0 Å². The molecule has 1 saturated heterocycles. The maximum atomic E-state index is 12.2. The van der Waals surface area contributed by atoms with Gasteiger partial charge < -0.3 is 10.2 Å². The number of carbonyl (C=O) groups excluding carboxylic acids is 1. The van der Waals surface area contributed by atoms with Crippen LogP contribution in [0.15, 0.2) is 0 Å². The number of nitrogens with one attached hydrogen (secondary N) is 2. The summed E-state index contributed by atoms with van der Waals surface area (Å²) in [4.78, 5) is 14.5. The van der Waals surface area contributed by atoms with Gasteiger partial charge in [-0.2, -0.15) is 0 Å². The number of piperidine rings is 1. The Morgan fingerprint density at radius 1 is 1.39 bits per heavy atom. The van der Waals surface area contributed by atoms with Gasteiger partial charge in [0.15, 0.2) is 5.54 Å². The zero-order valence-electron chi connectivity index (χ0n) is 11.3. The molecule has 4 heteroatoms. The molecule has 0 atom stereocenters. The highest BCUT2D eigenvalue weighted by Crippen LogP contribution is 2.27. The minimum Gasteiger partial charge on any atom is -0.334 e. The first-order valence-electron chi connectivity index (χ1n) is 7.17. The second-order valence-electron chi connectivity index (χ2n) is 5.61. The summed E-state index contributed by atoms with van der Waals surface area (Å²) < 4.78 is 0. The lowest BCUT2D eigenvalue weighted by Gasteiger charge is -2.35. The highest BCUT2D eigenvalue weighted by Gasteiger charge is 2.40. The number of amides is 1. The lowest BCUT2D eigenvalue weighted by Crippen LogP contribution is -2.57. The molecule has 100 valence electrons. The molecule has 0 bridgehead atoms. The summed E-state index contributed by atoms with van der Waals surface area (Å²) >= 11 is 0. The maximum Gasteiger partial charge on any atom is 0.298 e. The Bertz CT molecular complexity index is 333. The fourth-order valence-corrected chi connectivity index (χ4v) is 3.06. The third-order valence-electron chi connectivity index (χ3n) is 4.48. The Balaban J connectivity index is 1.92. The normalized spacial score (nSPS) is 24.7. The van der Waals surface area contributed by atoms with E-state index in [1.54, 1.807) is 0 Å². The van der Waals surface area contributed by atoms with Crippen molar-refractivity contribution in [1.29, 1.82) is 0 Å². The number of likely N-dealkylation sites (tertiary alicyclic amines) is 1. The van der Waals surface area contributed by atoms with Gasteiger partial charge in [0.25, 0.3) is 6.07 Å². The molecule has 2 fully saturated rings. The zero-order chi connectivity index (χ0) is 13.0. The highest BCUT2D eigenvalue weighted by molar-refractivity contribution is 5.80. The van der Waals surface area contributed by atoms with E-state index < -0.39 is 5.54 Å². The number of hydrogen-bond donors (Lipinski definition) is 2. The van der Waals surface area contributed by atoms with Crippen LogP contribution in [0.4, 0.5) is 0 Å². The minimum atomic E-state index is -0.495. The molecule has 2 aliphatic rings. The van der Waals surface area contributed by atoms with Crippen LogP contribution in [0.1, 0.15) is 45.4 Å². The molecule has 4 nitrogen and oxygen atoms in total. The van der Waals surface area contributed by atoms with Crippen molar-refractivity contribution in [3.05, 3.63) is 0 Å². The zero-order valence-corrected chi connectivity index (χ0v) is 11.3. The second-order valence-corrected chi connectivity index (χ2v) is 5.61. The third kappa shape index (κ3) is 2.84. The highest BCUT2D eigenvalue weighted by atomic mass is 16.2. The molecule has 0 aromatic carbocycles. The first-order valence-corrected chi connectivity index (χ1v) is 7.17. The standard InChI is InChI=1S/C14H23N3O/c1-2-17-9-7-14(11-15,8-10-17)16-13(18)12-5-3-4-6-12/h12H,2-10H2,1H3,(H,16,18)/p+1. The second kappa shape index (κ2) is 5.71. The van der Waals surface area contributed by atoms with Crippen molar-refractivity contribution in [3.63, 3.8) is 0 Å². The van der Waals surface area contributed by atoms with Gasteiger partial charge in [-0.05, 0) is 19.4 Å². The molecule has 1 aliphatic heterocycles. The number of hydrogen-bond acceptors (Lipinski definition) is 2. The molecule has 18 heavy (non-hydrogen) atoms. The van der Waals surface area contributed by atoms with Gasteiger partial charge in [0.05, 0.1) is 0 Å². The van der Waals surface area contributed by atoms with E-state index in [-0.39, 0.29) is 11.8 Å². The molecular formula is C14H24N3O+. The minimum absolute atomic E-state index is 0.150. The SMILES string of the molecule is CCN1CCC(C#[NH+])(NC(=O)C2CCCC2)CC1. The molecule has 1 heterocycles. The van der Waals surface area contributed by atoms with Crippen molar-refractivity contribution in [2.75, 3.05) is 19.6 Å². The average Bonchev–Trinajstić information content (AvgIpc) is 2.93. The summed E-state index contributed by atoms with van der Waals surface area (Å²) in [5.74, 6) is 0.330. The summed E-state index contributed by atoms with van der Waals surface area (Å²) in [5, 5.41) is 10.7. The topological polar surface area (TPSA) is 56.1 Å². The number of carbonyl (C=O) groups is 1. The molecule has 2 N–H and O–H groups in total. The van der Waals surface area contributed by atoms with E-state index in [4.69, 9.17) is 5.26 Å². The van der Waals surface area contributed by atoms with E-state index in [1.165, 1.54) is 12.8 Å². The van der Waals surface area contributed by atoms with Crippen molar-refractivity contribution in [1.82, 2.24) is 10.2 Å². The van der Waals surface area contributed by atoms with Crippen molar-refractivity contribution in [3.8, 4) is 6.07 Å². The van der Waals surface area contributed by atoms with Gasteiger partial charge in [-0.15, -0.1) is 0 Å². The van der Waals surface area contributed by atoms with E-state index in [0.717, 1.165) is 45.3 Å². The van der Waals surface area contributed by atoms with Crippen LogP contribution in [0, 0.1) is 12.0 Å². The first-order chi connectivity index (χ1) is 8.69. The number of nitrogens with zero attached hydrogens (tertiary/aromatic N) is 1. The molecule has 0 spiro atoms. The molecule has 0 aromatic heterocycles. The first kappa shape index (κ1) is 13.4. The Morgan fingerprint density at radius 2 is 2.00 bits per heavy atom. The van der Waals surface area contributed by atoms with Gasteiger partial charge in [-0.3, -0.25) is 4.79 Å². The van der Waals surface area contributed by atoms with Crippen molar-refractivity contribution in [2.24, 2.45) is 5.92 Å². The van der Waals surface area contributed by atoms with Gasteiger partial charge in [0.2, 0.25) is 5.91 Å². The van der Waals surface area contributed by atoms with Crippen LogP contribution in [0.2, 0.25) is 0 Å². The van der Waals surface area contributed by atoms with E-state index in [0.29, 0.717) is 0 Å². The molecule has 0 unspecified atom stereocenters. The molecule has 1 amide bonds. The van der Waals surface area contributed by atoms with Crippen LogP contribution in [0.5, 0.6) is 0 Å². The summed E-state index contributed by atoms with van der Waals surface area (Å²) in [7, 11) is 0. The van der Waals surface area contributed by atoms with Gasteiger partial charge >= 0.3 is 0 Å². The van der Waals surface area contributed by atoms with E-state index in [9.17, 15) is 4.79 Å². The lowest BCUT2D eigenvalue weighted by atomic mass is 9.88. The quantitative estimate of drug-likeness (QED) is 0.736. The van der Waals surface area contributed by atoms with Gasteiger partial charge in [0, 0.05) is 31.8 Å². The van der Waals surface area contributed by atoms with Crippen molar-refractivity contribution in [2.45, 2.75) is 51.0 Å². The summed E-state index contributed by atoms with van der Waals surface area (Å²) in [6.45, 7) is 5.10. The third-order valence-corrected chi connectivity index (χ3v) is 4.48. The van der Waals surface area contributed by atoms with Gasteiger partial charge in [-0.25, -0.2) is 0 Å². The van der Waals surface area contributed by atoms with Crippen LogP contribution in [0.25, 0.3) is 0 Å². The van der Waals surface area contributed by atoms with Crippen molar-refractivity contribution < 1.29 is 10.1 Å². The Labute approximate surface area is 109 Å². The molecule has 1 aliphatic carbocycles. The Morgan fingerprint density at radius 3 is 2.50 bits per heavy atom. The van der Waals surface area contributed by atoms with Crippen LogP contribution >= 0.6 is 0 Å². The molecular weight excluding hydrogens is 226 g/mol. The Hall–Kier alpha value is -1.08. The van der Waals surface area contributed by atoms with E-state index in [1.807, 2.05) is 0 Å². The van der Waals surface area contributed by atoms with E-state index >= 15 is 0 Å². The summed E-state index contributed by atoms with van der Waals surface area (Å²) in [6.07, 6.45) is 6.01. The average molecular weight is 250 g/mol. The molecule has 2 rings (SSSR count). The predicted molar refractivity (Wildman–Crippen MR) is 69.0 cm³/mol. The van der Waals surface area contributed by atoms with Gasteiger partial charge in [0.1, 0.15) is 0 Å². The summed E-state index contributed by atoms with van der Waals surface area (Å²) in [6, 6.07) is 2.61. The van der Waals surface area contributed by atoms with Crippen LogP contribution in [-0.2, 0) is 4.79 Å². The van der Waals surface area contributed by atoms with Crippen LogP contribution in [0.3, 0.4) is 0 Å². The fraction of sp³-hybridized carbons (Fsp3) is 0.857. The smallest absolute Gasteiger partial charge is 0.298 e.